The maximum absolute atomic E-state index is 9.45. The summed E-state index contributed by atoms with van der Waals surface area (Å²) in [7, 11) is 0. The van der Waals surface area contributed by atoms with Crippen molar-refractivity contribution in [2.24, 2.45) is 0 Å². The van der Waals surface area contributed by atoms with Gasteiger partial charge >= 0.3 is 0 Å². The first-order chi connectivity index (χ1) is 5.90. The minimum Gasteiger partial charge on any atom is -0.508 e. The monoisotopic (exact) mass is 370 g/mol. The van der Waals surface area contributed by atoms with E-state index in [-0.39, 0.29) is 2.14 Å². The van der Waals surface area contributed by atoms with Gasteiger partial charge in [-0.3, -0.25) is 0 Å². The summed E-state index contributed by atoms with van der Waals surface area (Å²) in [6.45, 7) is 1.91. The number of alkyl halides is 3. The number of hydrogen-bond acceptors (Lipinski definition) is 1. The molecule has 0 amide bonds. The van der Waals surface area contributed by atoms with Crippen LogP contribution in [0.3, 0.4) is 0 Å². The maximum Gasteiger partial charge on any atom is 0.139 e. The van der Waals surface area contributed by atoms with Gasteiger partial charge in [-0.25, -0.2) is 0 Å². The third-order valence-electron chi connectivity index (χ3n) is 1.81. The first-order valence-corrected chi connectivity index (χ1v) is 6.12. The van der Waals surface area contributed by atoms with E-state index < -0.39 is 0 Å². The van der Waals surface area contributed by atoms with Gasteiger partial charge in [-0.2, -0.15) is 0 Å². The summed E-state index contributed by atoms with van der Waals surface area (Å²) in [5.41, 5.74) is 2.02. The van der Waals surface area contributed by atoms with Crippen molar-refractivity contribution in [3.8, 4) is 5.75 Å². The van der Waals surface area contributed by atoms with Gasteiger partial charge in [-0.1, -0.05) is 59.9 Å². The molecule has 0 saturated heterocycles. The fourth-order valence-electron chi connectivity index (χ4n) is 1.08. The Morgan fingerprint density at radius 3 is 2.46 bits per heavy atom. The third kappa shape index (κ3) is 3.60. The molecule has 0 atom stereocenters. The molecule has 0 heterocycles. The minimum absolute atomic E-state index is 0.286. The van der Waals surface area contributed by atoms with Gasteiger partial charge in [0.1, 0.15) is 7.89 Å². The minimum atomic E-state index is -0.286. The van der Waals surface area contributed by atoms with Crippen molar-refractivity contribution in [1.82, 2.24) is 0 Å². The van der Waals surface area contributed by atoms with Gasteiger partial charge in [0, 0.05) is 6.42 Å². The normalized spacial score (nSPS) is 11.7. The molecule has 1 nitrogen and oxygen atoms in total. The highest BCUT2D eigenvalue weighted by Gasteiger charge is 2.19. The molecule has 1 N–H and O–H groups in total. The number of benzene rings is 1. The lowest BCUT2D eigenvalue weighted by molar-refractivity contribution is 0.470. The first-order valence-electron chi connectivity index (χ1n) is 3.74. The number of phenolic OH excluding ortho intramolecular Hbond substituents is 1. The van der Waals surface area contributed by atoms with E-state index in [4.69, 9.17) is 0 Å². The Labute approximate surface area is 103 Å². The molecule has 0 radical (unpaired) electrons. The van der Waals surface area contributed by atoms with E-state index in [1.165, 1.54) is 0 Å². The van der Waals surface area contributed by atoms with Crippen molar-refractivity contribution in [2.45, 2.75) is 15.5 Å². The Morgan fingerprint density at radius 1 is 1.31 bits per heavy atom. The maximum atomic E-state index is 9.45. The number of hydrogen-bond donors (Lipinski definition) is 1. The molecule has 72 valence electrons. The Kier molecular flexibility index (Phi) is 3.83. The Balaban J connectivity index is 2.96. The average molecular weight is 373 g/mol. The fraction of sp³-hybridized carbons (Fsp3) is 0.333. The standard InChI is InChI=1S/C9H9Br3O/c1-6-7(5-9(10,11)12)3-2-4-8(6)13/h2-4,13H,5H2,1H3. The van der Waals surface area contributed by atoms with Crippen molar-refractivity contribution >= 4 is 47.8 Å². The van der Waals surface area contributed by atoms with Crippen molar-refractivity contribution < 1.29 is 5.11 Å². The summed E-state index contributed by atoms with van der Waals surface area (Å²) in [5, 5.41) is 9.45. The lowest BCUT2D eigenvalue weighted by atomic mass is 10.1. The van der Waals surface area contributed by atoms with Crippen LogP contribution >= 0.6 is 47.8 Å². The zero-order chi connectivity index (χ0) is 10.1. The molecule has 1 aromatic rings. The summed E-state index contributed by atoms with van der Waals surface area (Å²) >= 11 is 10.3. The van der Waals surface area contributed by atoms with E-state index in [1.807, 2.05) is 19.1 Å². The van der Waals surface area contributed by atoms with E-state index in [1.54, 1.807) is 6.07 Å². The molecule has 13 heavy (non-hydrogen) atoms. The van der Waals surface area contributed by atoms with Crippen LogP contribution in [0, 0.1) is 6.92 Å². The topological polar surface area (TPSA) is 20.2 Å². The molecule has 0 spiro atoms. The lowest BCUT2D eigenvalue weighted by Gasteiger charge is -2.14. The second-order valence-electron chi connectivity index (χ2n) is 2.85. The zero-order valence-corrected chi connectivity index (χ0v) is 11.8. The van der Waals surface area contributed by atoms with Crippen LogP contribution in [0.15, 0.2) is 18.2 Å². The van der Waals surface area contributed by atoms with Crippen LogP contribution in [0.5, 0.6) is 5.75 Å². The Hall–Kier alpha value is 0.460. The summed E-state index contributed by atoms with van der Waals surface area (Å²) in [4.78, 5) is 0. The lowest BCUT2D eigenvalue weighted by Crippen LogP contribution is -2.05. The second-order valence-corrected chi connectivity index (χ2v) is 10.1. The van der Waals surface area contributed by atoms with Crippen LogP contribution in [0.4, 0.5) is 0 Å². The molecule has 0 unspecified atom stereocenters. The molecule has 0 aliphatic rings. The SMILES string of the molecule is Cc1c(O)cccc1CC(Br)(Br)Br. The van der Waals surface area contributed by atoms with Gasteiger partial charge in [0.2, 0.25) is 0 Å². The summed E-state index contributed by atoms with van der Waals surface area (Å²) in [6.07, 6.45) is 0.757. The zero-order valence-electron chi connectivity index (χ0n) is 7.02. The van der Waals surface area contributed by atoms with E-state index in [0.717, 1.165) is 17.5 Å². The van der Waals surface area contributed by atoms with E-state index >= 15 is 0 Å². The molecule has 0 fully saturated rings. The van der Waals surface area contributed by atoms with Crippen molar-refractivity contribution in [3.63, 3.8) is 0 Å². The largest absolute Gasteiger partial charge is 0.508 e. The van der Waals surface area contributed by atoms with Gasteiger partial charge in [0.15, 0.2) is 0 Å². The fourth-order valence-corrected chi connectivity index (χ4v) is 1.98. The highest BCUT2D eigenvalue weighted by Crippen LogP contribution is 2.38. The summed E-state index contributed by atoms with van der Waals surface area (Å²) in [5.74, 6) is 0.342. The molecule has 1 rings (SSSR count). The predicted molar refractivity (Wildman–Crippen MR) is 66.1 cm³/mol. The smallest absolute Gasteiger partial charge is 0.139 e. The third-order valence-corrected chi connectivity index (χ3v) is 2.65. The van der Waals surface area contributed by atoms with Crippen LogP contribution < -0.4 is 0 Å². The molecule has 0 aliphatic heterocycles. The summed E-state index contributed by atoms with van der Waals surface area (Å²) in [6, 6.07) is 5.53. The highest BCUT2D eigenvalue weighted by atomic mass is 80.0. The molecule has 0 aromatic heterocycles. The number of aromatic hydroxyl groups is 1. The quantitative estimate of drug-likeness (QED) is 0.736. The van der Waals surface area contributed by atoms with Crippen LogP contribution in [-0.2, 0) is 6.42 Å². The molecular weight excluding hydrogens is 364 g/mol. The number of halogens is 3. The molecular formula is C9H9Br3O. The van der Waals surface area contributed by atoms with Crippen molar-refractivity contribution in [1.29, 1.82) is 0 Å². The van der Waals surface area contributed by atoms with E-state index in [2.05, 4.69) is 47.8 Å². The van der Waals surface area contributed by atoms with Gasteiger partial charge < -0.3 is 5.11 Å². The Bertz CT molecular complexity index is 304. The van der Waals surface area contributed by atoms with E-state index in [0.29, 0.717) is 5.75 Å². The van der Waals surface area contributed by atoms with Gasteiger partial charge in [-0.05, 0) is 24.1 Å². The van der Waals surface area contributed by atoms with Crippen LogP contribution in [-0.4, -0.2) is 7.25 Å². The highest BCUT2D eigenvalue weighted by molar-refractivity contribution is 9.39. The average Bonchev–Trinajstić information content (AvgIpc) is 1.96. The van der Waals surface area contributed by atoms with Crippen LogP contribution in [0.2, 0.25) is 0 Å². The van der Waals surface area contributed by atoms with Crippen molar-refractivity contribution in [2.75, 3.05) is 0 Å². The number of rotatable bonds is 1. The predicted octanol–water partition coefficient (Wildman–Crippen LogP) is 4.08. The molecule has 0 saturated carbocycles. The molecule has 1 aromatic carbocycles. The van der Waals surface area contributed by atoms with Crippen LogP contribution in [0.25, 0.3) is 0 Å². The summed E-state index contributed by atoms with van der Waals surface area (Å²) < 4.78 is -0.286. The molecule has 4 heteroatoms. The second kappa shape index (κ2) is 4.32. The van der Waals surface area contributed by atoms with Crippen molar-refractivity contribution in [3.05, 3.63) is 29.3 Å². The first kappa shape index (κ1) is 11.5. The molecule has 0 bridgehead atoms. The van der Waals surface area contributed by atoms with Gasteiger partial charge in [-0.15, -0.1) is 0 Å². The molecule has 0 aliphatic carbocycles. The number of phenols is 1. The van der Waals surface area contributed by atoms with Gasteiger partial charge in [0.05, 0.1) is 0 Å². The Morgan fingerprint density at radius 2 is 1.92 bits per heavy atom. The van der Waals surface area contributed by atoms with Crippen LogP contribution in [0.1, 0.15) is 11.1 Å². The van der Waals surface area contributed by atoms with E-state index in [9.17, 15) is 5.11 Å². The van der Waals surface area contributed by atoms with Gasteiger partial charge in [0.25, 0.3) is 0 Å².